The summed E-state index contributed by atoms with van der Waals surface area (Å²) < 4.78 is 12.9. The average Bonchev–Trinajstić information content (AvgIpc) is 3.24. The first-order valence-corrected chi connectivity index (χ1v) is 12.7. The monoisotopic (exact) mass is 495 g/mol. The summed E-state index contributed by atoms with van der Waals surface area (Å²) in [5.41, 5.74) is 4.59. The van der Waals surface area contributed by atoms with E-state index in [4.69, 9.17) is 9.47 Å². The fourth-order valence-corrected chi connectivity index (χ4v) is 5.13. The Labute approximate surface area is 211 Å². The first-order valence-electron chi connectivity index (χ1n) is 11.7. The minimum absolute atomic E-state index is 0.132. The molecular formula is C26H33N5O3S. The molecule has 1 aromatic heterocycles. The highest BCUT2D eigenvalue weighted by Crippen LogP contribution is 2.31. The van der Waals surface area contributed by atoms with Crippen LogP contribution in [0.4, 0.5) is 0 Å². The molecule has 2 aromatic carbocycles. The highest BCUT2D eigenvalue weighted by atomic mass is 32.2. The van der Waals surface area contributed by atoms with E-state index in [1.807, 2.05) is 22.5 Å². The van der Waals surface area contributed by atoms with Gasteiger partial charge in [0.1, 0.15) is 5.82 Å². The van der Waals surface area contributed by atoms with E-state index >= 15 is 0 Å². The summed E-state index contributed by atoms with van der Waals surface area (Å²) in [6, 6.07) is 12.3. The zero-order chi connectivity index (χ0) is 24.9. The van der Waals surface area contributed by atoms with E-state index in [0.29, 0.717) is 5.75 Å². The normalized spacial score (nSPS) is 14.3. The summed E-state index contributed by atoms with van der Waals surface area (Å²) in [5.74, 6) is 2.78. The molecule has 1 saturated heterocycles. The van der Waals surface area contributed by atoms with Crippen LogP contribution < -0.4 is 9.47 Å². The van der Waals surface area contributed by atoms with Crippen molar-refractivity contribution in [3.63, 3.8) is 0 Å². The molecule has 0 saturated carbocycles. The van der Waals surface area contributed by atoms with E-state index in [2.05, 4.69) is 59.3 Å². The number of amides is 1. The second-order valence-electron chi connectivity index (χ2n) is 8.78. The SMILES string of the molecule is COc1cc(C)c(CN2CCN(C(=O)CSc3nnc(C)n3-c3ccc(C)cc3)CC2)cc1OC. The lowest BCUT2D eigenvalue weighted by atomic mass is 10.1. The number of hydrogen-bond donors (Lipinski definition) is 0. The van der Waals surface area contributed by atoms with Crippen LogP contribution in [0.5, 0.6) is 11.5 Å². The second kappa shape index (κ2) is 11.1. The van der Waals surface area contributed by atoms with Crippen LogP contribution in [0.2, 0.25) is 0 Å². The fraction of sp³-hybridized carbons (Fsp3) is 0.423. The molecule has 3 aromatic rings. The minimum Gasteiger partial charge on any atom is -0.493 e. The molecule has 1 amide bonds. The number of carbonyl (C=O) groups is 1. The molecule has 8 nitrogen and oxygen atoms in total. The lowest BCUT2D eigenvalue weighted by molar-refractivity contribution is -0.130. The van der Waals surface area contributed by atoms with E-state index in [9.17, 15) is 4.79 Å². The van der Waals surface area contributed by atoms with Gasteiger partial charge in [-0.05, 0) is 56.2 Å². The number of ether oxygens (including phenoxy) is 2. The topological polar surface area (TPSA) is 72.7 Å². The Bertz CT molecular complexity index is 1170. The van der Waals surface area contributed by atoms with Crippen LogP contribution >= 0.6 is 11.8 Å². The second-order valence-corrected chi connectivity index (χ2v) is 9.72. The van der Waals surface area contributed by atoms with Crippen molar-refractivity contribution >= 4 is 17.7 Å². The zero-order valence-corrected chi connectivity index (χ0v) is 21.9. The molecule has 0 radical (unpaired) electrons. The third-order valence-corrected chi connectivity index (χ3v) is 7.29. The van der Waals surface area contributed by atoms with Gasteiger partial charge in [-0.3, -0.25) is 14.3 Å². The Morgan fingerprint density at radius 3 is 2.26 bits per heavy atom. The fourth-order valence-electron chi connectivity index (χ4n) is 4.23. The highest BCUT2D eigenvalue weighted by molar-refractivity contribution is 7.99. The first-order chi connectivity index (χ1) is 16.9. The van der Waals surface area contributed by atoms with Crippen LogP contribution in [0, 0.1) is 20.8 Å². The standard InChI is InChI=1S/C26H33N5O3S/c1-18-6-8-22(9-7-18)31-20(3)27-28-26(31)35-17-25(32)30-12-10-29(11-13-30)16-21-15-24(34-5)23(33-4)14-19(21)2/h6-9,14-15H,10-13,16-17H2,1-5H3. The van der Waals surface area contributed by atoms with Crippen molar-refractivity contribution in [2.24, 2.45) is 0 Å². The van der Waals surface area contributed by atoms with E-state index in [0.717, 1.165) is 60.9 Å². The lowest BCUT2D eigenvalue weighted by Crippen LogP contribution is -2.48. The third kappa shape index (κ3) is 5.79. The third-order valence-electron chi connectivity index (χ3n) is 6.37. The van der Waals surface area contributed by atoms with Crippen LogP contribution in [0.1, 0.15) is 22.5 Å². The van der Waals surface area contributed by atoms with Crippen molar-refractivity contribution in [2.75, 3.05) is 46.2 Å². The van der Waals surface area contributed by atoms with Gasteiger partial charge in [0, 0.05) is 38.4 Å². The van der Waals surface area contributed by atoms with E-state index in [-0.39, 0.29) is 5.91 Å². The van der Waals surface area contributed by atoms with Crippen LogP contribution in [-0.4, -0.2) is 76.6 Å². The molecule has 35 heavy (non-hydrogen) atoms. The number of aryl methyl sites for hydroxylation is 3. The lowest BCUT2D eigenvalue weighted by Gasteiger charge is -2.35. The number of thioether (sulfide) groups is 1. The van der Waals surface area contributed by atoms with Gasteiger partial charge in [0.05, 0.1) is 20.0 Å². The summed E-state index contributed by atoms with van der Waals surface area (Å²) in [6.45, 7) is 10.0. The molecule has 0 aliphatic carbocycles. The van der Waals surface area contributed by atoms with Gasteiger partial charge < -0.3 is 14.4 Å². The molecule has 2 heterocycles. The van der Waals surface area contributed by atoms with Gasteiger partial charge in [-0.25, -0.2) is 0 Å². The quantitative estimate of drug-likeness (QED) is 0.442. The number of piperazine rings is 1. The largest absolute Gasteiger partial charge is 0.493 e. The molecule has 1 aliphatic rings. The Morgan fingerprint density at radius 1 is 0.943 bits per heavy atom. The predicted octanol–water partition coefficient (Wildman–Crippen LogP) is 3.65. The number of benzene rings is 2. The van der Waals surface area contributed by atoms with Gasteiger partial charge >= 0.3 is 0 Å². The number of carbonyl (C=O) groups excluding carboxylic acids is 1. The van der Waals surface area contributed by atoms with Crippen molar-refractivity contribution < 1.29 is 14.3 Å². The number of methoxy groups -OCH3 is 2. The summed E-state index contributed by atoms with van der Waals surface area (Å²) in [5, 5.41) is 9.27. The molecule has 9 heteroatoms. The minimum atomic E-state index is 0.132. The van der Waals surface area contributed by atoms with Crippen LogP contribution in [-0.2, 0) is 11.3 Å². The van der Waals surface area contributed by atoms with Crippen LogP contribution in [0.15, 0.2) is 41.6 Å². The van der Waals surface area contributed by atoms with E-state index in [1.54, 1.807) is 14.2 Å². The Hall–Kier alpha value is -3.04. The number of hydrogen-bond acceptors (Lipinski definition) is 7. The molecule has 1 fully saturated rings. The Balaban J connectivity index is 1.32. The number of rotatable bonds is 8. The maximum Gasteiger partial charge on any atom is 0.233 e. The smallest absolute Gasteiger partial charge is 0.233 e. The first kappa shape index (κ1) is 25.1. The maximum absolute atomic E-state index is 12.9. The molecule has 0 bridgehead atoms. The van der Waals surface area contributed by atoms with Crippen molar-refractivity contribution in [3.8, 4) is 17.2 Å². The summed E-state index contributed by atoms with van der Waals surface area (Å²) in [4.78, 5) is 17.3. The van der Waals surface area contributed by atoms with E-state index in [1.165, 1.54) is 28.5 Å². The van der Waals surface area contributed by atoms with Gasteiger partial charge in [-0.1, -0.05) is 29.5 Å². The van der Waals surface area contributed by atoms with Gasteiger partial charge in [0.25, 0.3) is 0 Å². The molecule has 186 valence electrons. The summed E-state index contributed by atoms with van der Waals surface area (Å²) in [6.07, 6.45) is 0. The highest BCUT2D eigenvalue weighted by Gasteiger charge is 2.23. The number of aromatic nitrogens is 3. The molecule has 0 spiro atoms. The maximum atomic E-state index is 12.9. The van der Waals surface area contributed by atoms with Gasteiger partial charge in [0.15, 0.2) is 16.7 Å². The Kier molecular flexibility index (Phi) is 7.97. The van der Waals surface area contributed by atoms with Gasteiger partial charge in [0.2, 0.25) is 5.91 Å². The summed E-state index contributed by atoms with van der Waals surface area (Å²) >= 11 is 1.44. The molecule has 1 aliphatic heterocycles. The number of nitrogens with zero attached hydrogens (tertiary/aromatic N) is 5. The predicted molar refractivity (Wildman–Crippen MR) is 138 cm³/mol. The van der Waals surface area contributed by atoms with E-state index < -0.39 is 0 Å². The molecular weight excluding hydrogens is 462 g/mol. The van der Waals surface area contributed by atoms with Crippen molar-refractivity contribution in [3.05, 3.63) is 58.9 Å². The zero-order valence-electron chi connectivity index (χ0n) is 21.1. The Morgan fingerprint density at radius 2 is 1.60 bits per heavy atom. The molecule has 0 unspecified atom stereocenters. The van der Waals surface area contributed by atoms with Crippen LogP contribution in [0.25, 0.3) is 5.69 Å². The van der Waals surface area contributed by atoms with Gasteiger partial charge in [-0.15, -0.1) is 10.2 Å². The van der Waals surface area contributed by atoms with Crippen molar-refractivity contribution in [1.29, 1.82) is 0 Å². The summed E-state index contributed by atoms with van der Waals surface area (Å²) in [7, 11) is 3.31. The van der Waals surface area contributed by atoms with Crippen molar-refractivity contribution in [2.45, 2.75) is 32.5 Å². The van der Waals surface area contributed by atoms with Crippen LogP contribution in [0.3, 0.4) is 0 Å². The average molecular weight is 496 g/mol. The molecule has 0 N–H and O–H groups in total. The van der Waals surface area contributed by atoms with Crippen molar-refractivity contribution in [1.82, 2.24) is 24.6 Å². The molecule has 4 rings (SSSR count). The van der Waals surface area contributed by atoms with Gasteiger partial charge in [-0.2, -0.15) is 0 Å². The molecule has 0 atom stereocenters.